The summed E-state index contributed by atoms with van der Waals surface area (Å²) in [6.07, 6.45) is 7.92. The van der Waals surface area contributed by atoms with Gasteiger partial charge < -0.3 is 10.8 Å². The van der Waals surface area contributed by atoms with Crippen LogP contribution in [0.25, 0.3) is 5.82 Å². The van der Waals surface area contributed by atoms with Gasteiger partial charge in [-0.1, -0.05) is 26.3 Å². The first-order valence-electron chi connectivity index (χ1n) is 8.82. The van der Waals surface area contributed by atoms with E-state index < -0.39 is 11.4 Å². The van der Waals surface area contributed by atoms with Gasteiger partial charge >= 0.3 is 5.97 Å². The van der Waals surface area contributed by atoms with Gasteiger partial charge in [-0.15, -0.1) is 0 Å². The van der Waals surface area contributed by atoms with Crippen molar-refractivity contribution in [2.24, 2.45) is 17.6 Å². The Morgan fingerprint density at radius 1 is 1.40 bits per heavy atom. The monoisotopic (exact) mass is 344 g/mol. The second-order valence-corrected chi connectivity index (χ2v) is 6.89. The van der Waals surface area contributed by atoms with Gasteiger partial charge in [-0.3, -0.25) is 9.36 Å². The average molecular weight is 344 g/mol. The number of hydrogen-bond acceptors (Lipinski definition) is 4. The van der Waals surface area contributed by atoms with E-state index in [9.17, 15) is 9.90 Å². The summed E-state index contributed by atoms with van der Waals surface area (Å²) in [6.45, 7) is 6.44. The molecule has 0 aliphatic heterocycles. The van der Waals surface area contributed by atoms with Crippen molar-refractivity contribution in [3.63, 3.8) is 0 Å². The Bertz CT molecular complexity index is 686. The molecule has 0 unspecified atom stereocenters. The molecule has 0 saturated heterocycles. The molecule has 25 heavy (non-hydrogen) atoms. The van der Waals surface area contributed by atoms with E-state index in [0.717, 1.165) is 19.3 Å². The van der Waals surface area contributed by atoms with Crippen LogP contribution in [0.5, 0.6) is 0 Å². The van der Waals surface area contributed by atoms with E-state index in [1.807, 2.05) is 25.1 Å². The molecule has 0 spiro atoms. The lowest BCUT2D eigenvalue weighted by Gasteiger charge is -2.32. The van der Waals surface area contributed by atoms with Crippen LogP contribution in [0.4, 0.5) is 0 Å². The number of carboxylic acid groups (broad SMARTS) is 1. The van der Waals surface area contributed by atoms with Gasteiger partial charge in [0.25, 0.3) is 0 Å². The zero-order valence-electron chi connectivity index (χ0n) is 15.2. The fourth-order valence-electron chi connectivity index (χ4n) is 3.27. The number of pyridine rings is 1. The lowest BCUT2D eigenvalue weighted by atomic mass is 9.71. The van der Waals surface area contributed by atoms with E-state index in [1.54, 1.807) is 30.2 Å². The van der Waals surface area contributed by atoms with Gasteiger partial charge in [0.05, 0.1) is 5.69 Å². The van der Waals surface area contributed by atoms with Crippen LogP contribution >= 0.6 is 0 Å². The normalized spacial score (nSPS) is 16.2. The van der Waals surface area contributed by atoms with Crippen LogP contribution in [0.1, 0.15) is 45.7 Å². The van der Waals surface area contributed by atoms with E-state index >= 15 is 0 Å². The van der Waals surface area contributed by atoms with E-state index in [2.05, 4.69) is 16.9 Å². The first-order chi connectivity index (χ1) is 11.9. The summed E-state index contributed by atoms with van der Waals surface area (Å²) in [5.41, 5.74) is 5.35. The summed E-state index contributed by atoms with van der Waals surface area (Å²) >= 11 is 0. The standard InChI is InChI=1S/C19H28N4O2/c1-4-7-15(11-20)10-14(2)19(3,18(24)25)16-12-23(13-22-16)17-8-5-6-9-21-17/h5-6,8-9,12-15H,4,7,10-11,20H2,1-3H3,(H,24,25)/t14-,15+,19-/m0/s1. The zero-order chi connectivity index (χ0) is 18.4. The number of carbonyl (C=O) groups is 1. The minimum absolute atomic E-state index is 0.0859. The molecule has 0 aliphatic rings. The minimum atomic E-state index is -1.07. The van der Waals surface area contributed by atoms with Crippen molar-refractivity contribution in [1.82, 2.24) is 14.5 Å². The first-order valence-corrected chi connectivity index (χ1v) is 8.82. The molecule has 0 radical (unpaired) electrons. The molecule has 0 saturated carbocycles. The molecule has 0 aromatic carbocycles. The molecule has 0 aliphatic carbocycles. The number of imidazole rings is 1. The number of aromatic nitrogens is 3. The summed E-state index contributed by atoms with van der Waals surface area (Å²) in [5, 5.41) is 9.96. The Hall–Kier alpha value is -2.21. The predicted octanol–water partition coefficient (Wildman–Crippen LogP) is 3.01. The largest absolute Gasteiger partial charge is 0.481 e. The molecule has 0 amide bonds. The minimum Gasteiger partial charge on any atom is -0.481 e. The van der Waals surface area contributed by atoms with Crippen LogP contribution in [-0.4, -0.2) is 32.2 Å². The van der Waals surface area contributed by atoms with Gasteiger partial charge in [0, 0.05) is 12.4 Å². The summed E-state index contributed by atoms with van der Waals surface area (Å²) < 4.78 is 1.76. The lowest BCUT2D eigenvalue weighted by Crippen LogP contribution is -2.40. The molecule has 2 aromatic heterocycles. The Kier molecular flexibility index (Phi) is 6.31. The summed E-state index contributed by atoms with van der Waals surface area (Å²) in [5.74, 6) is 0.0970. The second kappa shape index (κ2) is 8.25. The van der Waals surface area contributed by atoms with Crippen molar-refractivity contribution in [3.05, 3.63) is 42.6 Å². The highest BCUT2D eigenvalue weighted by Gasteiger charge is 2.43. The van der Waals surface area contributed by atoms with Gasteiger partial charge in [-0.25, -0.2) is 9.97 Å². The number of hydrogen-bond donors (Lipinski definition) is 2. The number of rotatable bonds is 9. The third kappa shape index (κ3) is 4.07. The molecular weight excluding hydrogens is 316 g/mol. The number of nitrogens with zero attached hydrogens (tertiary/aromatic N) is 3. The van der Waals surface area contributed by atoms with Crippen LogP contribution in [0.3, 0.4) is 0 Å². The average Bonchev–Trinajstić information content (AvgIpc) is 3.11. The van der Waals surface area contributed by atoms with Crippen molar-refractivity contribution in [3.8, 4) is 5.82 Å². The Balaban J connectivity index is 2.30. The molecule has 6 heteroatoms. The molecule has 3 atom stereocenters. The highest BCUT2D eigenvalue weighted by Crippen LogP contribution is 2.36. The molecule has 2 rings (SSSR count). The van der Waals surface area contributed by atoms with Crippen molar-refractivity contribution >= 4 is 5.97 Å². The van der Waals surface area contributed by atoms with Gasteiger partial charge in [-0.2, -0.15) is 0 Å². The van der Waals surface area contributed by atoms with E-state index in [-0.39, 0.29) is 5.92 Å². The summed E-state index contributed by atoms with van der Waals surface area (Å²) in [6, 6.07) is 5.59. The van der Waals surface area contributed by atoms with E-state index in [4.69, 9.17) is 5.73 Å². The quantitative estimate of drug-likeness (QED) is 0.729. The molecule has 2 heterocycles. The van der Waals surface area contributed by atoms with Gasteiger partial charge in [0.2, 0.25) is 0 Å². The fourth-order valence-corrected chi connectivity index (χ4v) is 3.27. The SMILES string of the molecule is CCC[C@@H](CN)C[C@H](C)[C@](C)(C(=O)O)c1cn(-c2ccccn2)cn1. The molecular formula is C19H28N4O2. The van der Waals surface area contributed by atoms with Crippen LogP contribution < -0.4 is 5.73 Å². The highest BCUT2D eigenvalue weighted by atomic mass is 16.4. The summed E-state index contributed by atoms with van der Waals surface area (Å²) in [4.78, 5) is 20.8. The zero-order valence-corrected chi connectivity index (χ0v) is 15.2. The maximum Gasteiger partial charge on any atom is 0.315 e. The molecule has 3 N–H and O–H groups in total. The van der Waals surface area contributed by atoms with Crippen molar-refractivity contribution in [1.29, 1.82) is 0 Å². The highest BCUT2D eigenvalue weighted by molar-refractivity contribution is 5.80. The smallest absolute Gasteiger partial charge is 0.315 e. The maximum absolute atomic E-state index is 12.1. The molecule has 136 valence electrons. The third-order valence-corrected chi connectivity index (χ3v) is 5.18. The number of carboxylic acids is 1. The Morgan fingerprint density at radius 3 is 2.72 bits per heavy atom. The van der Waals surface area contributed by atoms with Gasteiger partial charge in [-0.05, 0) is 50.3 Å². The second-order valence-electron chi connectivity index (χ2n) is 6.89. The summed E-state index contributed by atoms with van der Waals surface area (Å²) in [7, 11) is 0. The van der Waals surface area contributed by atoms with Gasteiger partial charge in [0.1, 0.15) is 17.6 Å². The van der Waals surface area contributed by atoms with Crippen molar-refractivity contribution in [2.45, 2.75) is 45.4 Å². The van der Waals surface area contributed by atoms with Crippen LogP contribution in [0.2, 0.25) is 0 Å². The Labute approximate surface area is 149 Å². The fraction of sp³-hybridized carbons (Fsp3) is 0.526. The van der Waals surface area contributed by atoms with E-state index in [0.29, 0.717) is 24.0 Å². The van der Waals surface area contributed by atoms with Gasteiger partial charge in [0.15, 0.2) is 0 Å². The molecule has 2 aromatic rings. The van der Waals surface area contributed by atoms with Crippen LogP contribution in [0, 0.1) is 11.8 Å². The number of aliphatic carboxylic acids is 1. The third-order valence-electron chi connectivity index (χ3n) is 5.18. The molecule has 0 bridgehead atoms. The first kappa shape index (κ1) is 19.1. The molecule has 0 fully saturated rings. The van der Waals surface area contributed by atoms with Crippen molar-refractivity contribution < 1.29 is 9.90 Å². The Morgan fingerprint density at radius 2 is 2.16 bits per heavy atom. The maximum atomic E-state index is 12.1. The van der Waals surface area contributed by atoms with Crippen molar-refractivity contribution in [2.75, 3.05) is 6.54 Å². The van der Waals surface area contributed by atoms with Crippen LogP contribution in [-0.2, 0) is 10.2 Å². The van der Waals surface area contributed by atoms with Crippen LogP contribution in [0.15, 0.2) is 36.9 Å². The molecule has 6 nitrogen and oxygen atoms in total. The lowest BCUT2D eigenvalue weighted by molar-refractivity contribution is -0.145. The van der Waals surface area contributed by atoms with E-state index in [1.165, 1.54) is 0 Å². The predicted molar refractivity (Wildman–Crippen MR) is 97.6 cm³/mol. The number of nitrogens with two attached hydrogens (primary N) is 1. The topological polar surface area (TPSA) is 94.0 Å².